The molecular weight excluding hydrogens is 463 g/mol. The minimum Gasteiger partial charge on any atom is -0.469 e. The van der Waals surface area contributed by atoms with Crippen molar-refractivity contribution >= 4 is 51.3 Å². The molecule has 0 spiro atoms. The lowest BCUT2D eigenvalue weighted by molar-refractivity contribution is -0.140. The molecule has 160 valence electrons. The Hall–Kier alpha value is -1.91. The van der Waals surface area contributed by atoms with Crippen LogP contribution in [0, 0.1) is 0 Å². The zero-order valence-electron chi connectivity index (χ0n) is 16.2. The van der Waals surface area contributed by atoms with E-state index in [9.17, 15) is 19.2 Å². The van der Waals surface area contributed by atoms with Gasteiger partial charge in [-0.15, -0.1) is 0 Å². The van der Waals surface area contributed by atoms with E-state index >= 15 is 0 Å². The van der Waals surface area contributed by atoms with E-state index in [1.54, 1.807) is 0 Å². The Labute approximate surface area is 181 Å². The molecule has 0 aliphatic heterocycles. The number of aliphatic hydroxyl groups is 1. The van der Waals surface area contributed by atoms with E-state index in [-0.39, 0.29) is 24.4 Å². The molecule has 1 aromatic carbocycles. The van der Waals surface area contributed by atoms with E-state index in [0.717, 1.165) is 10.0 Å². The minimum atomic E-state index is -1.16. The van der Waals surface area contributed by atoms with Crippen molar-refractivity contribution in [2.24, 2.45) is 0 Å². The normalized spacial score (nSPS) is 12.6. The van der Waals surface area contributed by atoms with Crippen molar-refractivity contribution < 1.29 is 33.8 Å². The van der Waals surface area contributed by atoms with Gasteiger partial charge in [-0.05, 0) is 31.0 Å². The molecule has 0 unspecified atom stereocenters. The van der Waals surface area contributed by atoms with Gasteiger partial charge in [0.25, 0.3) is 0 Å². The number of carbonyl (C=O) groups excluding carboxylic acids is 4. The van der Waals surface area contributed by atoms with Crippen molar-refractivity contribution in [3.8, 4) is 0 Å². The van der Waals surface area contributed by atoms with Gasteiger partial charge in [0.1, 0.15) is 6.61 Å². The molecule has 2 atom stereocenters. The number of rotatable bonds is 12. The number of hydrogen-bond donors (Lipinski definition) is 2. The predicted octanol–water partition coefficient (Wildman–Crippen LogP) is 2.25. The molecule has 0 aliphatic carbocycles. The number of Topliss-reactive ketones (excluding diaryl/α,β-unsaturated/α-hetero) is 2. The second-order valence-electron chi connectivity index (χ2n) is 6.08. The summed E-state index contributed by atoms with van der Waals surface area (Å²) in [5.41, 5.74) is 1.03. The number of aliphatic hydroxyl groups excluding tert-OH is 1. The van der Waals surface area contributed by atoms with E-state index in [2.05, 4.69) is 26.0 Å². The van der Waals surface area contributed by atoms with Gasteiger partial charge >= 0.3 is 12.1 Å². The molecule has 1 rings (SSSR count). The largest absolute Gasteiger partial charge is 0.469 e. The monoisotopic (exact) mass is 487 g/mol. The molecule has 0 aromatic heterocycles. The molecule has 0 saturated heterocycles. The van der Waals surface area contributed by atoms with Crippen LogP contribution in [0.2, 0.25) is 0 Å². The number of ketones is 2. The van der Waals surface area contributed by atoms with E-state index in [0.29, 0.717) is 5.75 Å². The maximum atomic E-state index is 12.1. The number of methoxy groups -OCH3 is 1. The zero-order valence-corrected chi connectivity index (χ0v) is 18.6. The Morgan fingerprint density at radius 3 is 2.41 bits per heavy atom. The Balaban J connectivity index is 2.59. The number of thioether (sulfide) groups is 1. The zero-order chi connectivity index (χ0) is 21.8. The molecule has 0 aliphatic rings. The third kappa shape index (κ3) is 9.91. The molecule has 0 heterocycles. The number of nitrogens with one attached hydrogen (secondary N) is 1. The van der Waals surface area contributed by atoms with Crippen molar-refractivity contribution in [2.45, 2.75) is 37.7 Å². The summed E-state index contributed by atoms with van der Waals surface area (Å²) in [4.78, 5) is 46.9. The third-order valence-corrected chi connectivity index (χ3v) is 5.47. The summed E-state index contributed by atoms with van der Waals surface area (Å²) in [6, 6.07) is 6.69. The molecule has 0 radical (unpaired) electrons. The average Bonchev–Trinajstić information content (AvgIpc) is 2.70. The van der Waals surface area contributed by atoms with Gasteiger partial charge in [0, 0.05) is 22.4 Å². The number of carbonyl (C=O) groups is 4. The SMILES string of the molecule is COC(=O)CC[C@H](NC(=O)O[C@@H](CSCc1ccc([77Br])cc1)C(=O)CO)C(C)=O. The summed E-state index contributed by atoms with van der Waals surface area (Å²) in [5.74, 6) is -0.777. The fourth-order valence-electron chi connectivity index (χ4n) is 2.21. The van der Waals surface area contributed by atoms with Crippen molar-refractivity contribution in [3.63, 3.8) is 0 Å². The lowest BCUT2D eigenvalue weighted by Crippen LogP contribution is -2.43. The molecule has 2 N–H and O–H groups in total. The first-order chi connectivity index (χ1) is 13.8. The third-order valence-electron chi connectivity index (χ3n) is 3.86. The van der Waals surface area contributed by atoms with Gasteiger partial charge in [0.2, 0.25) is 0 Å². The standard InChI is InChI=1S/C19H24BrNO7S/c1-12(23)15(7-8-18(25)27-2)21-19(26)28-17(16(24)9-22)11-29-10-13-3-5-14(20)6-4-13/h3-6,15,17,22H,7-11H2,1-2H3,(H,21,26)/t15-,17-/m0/s1/i20-3. The number of ether oxygens (including phenoxy) is 2. The van der Waals surface area contributed by atoms with Crippen LogP contribution in [-0.2, 0) is 29.6 Å². The van der Waals surface area contributed by atoms with Crippen molar-refractivity contribution in [1.82, 2.24) is 5.32 Å². The quantitative estimate of drug-likeness (QED) is 0.431. The van der Waals surface area contributed by atoms with E-state index in [1.807, 2.05) is 24.3 Å². The van der Waals surface area contributed by atoms with Crippen molar-refractivity contribution in [1.29, 1.82) is 0 Å². The first kappa shape index (κ1) is 25.1. The maximum absolute atomic E-state index is 12.1. The Bertz CT molecular complexity index is 711. The summed E-state index contributed by atoms with van der Waals surface area (Å²) < 4.78 is 10.6. The molecule has 8 nitrogen and oxygen atoms in total. The van der Waals surface area contributed by atoms with Gasteiger partial charge in [0.05, 0.1) is 13.2 Å². The lowest BCUT2D eigenvalue weighted by Gasteiger charge is -2.19. The molecule has 1 aromatic rings. The van der Waals surface area contributed by atoms with Gasteiger partial charge in [-0.1, -0.05) is 28.1 Å². The number of hydrogen-bond acceptors (Lipinski definition) is 8. The van der Waals surface area contributed by atoms with Crippen molar-refractivity contribution in [3.05, 3.63) is 34.3 Å². The fourth-order valence-corrected chi connectivity index (χ4v) is 3.48. The van der Waals surface area contributed by atoms with Crippen LogP contribution in [0.3, 0.4) is 0 Å². The Morgan fingerprint density at radius 2 is 1.86 bits per heavy atom. The van der Waals surface area contributed by atoms with Gasteiger partial charge in [-0.3, -0.25) is 14.4 Å². The number of halogens is 1. The molecular formula is C19H24BrNO7S. The van der Waals surface area contributed by atoms with Crippen molar-refractivity contribution in [2.75, 3.05) is 19.5 Å². The molecule has 0 saturated carbocycles. The summed E-state index contributed by atoms with van der Waals surface area (Å²) in [5, 5.41) is 11.5. The number of benzene rings is 1. The van der Waals surface area contributed by atoms with Crippen LogP contribution >= 0.6 is 27.7 Å². The van der Waals surface area contributed by atoms with E-state index < -0.39 is 36.6 Å². The van der Waals surface area contributed by atoms with Gasteiger partial charge in [0.15, 0.2) is 17.7 Å². The van der Waals surface area contributed by atoms with Crippen LogP contribution in [0.4, 0.5) is 4.79 Å². The van der Waals surface area contributed by atoms with Gasteiger partial charge < -0.3 is 19.9 Å². The van der Waals surface area contributed by atoms with Crippen LogP contribution in [0.15, 0.2) is 28.7 Å². The number of alkyl carbamates (subject to hydrolysis) is 1. The minimum absolute atomic E-state index is 0.0496. The Morgan fingerprint density at radius 1 is 1.21 bits per heavy atom. The Kier molecular flexibility index (Phi) is 11.6. The average molecular weight is 487 g/mol. The second kappa shape index (κ2) is 13.3. The highest BCUT2D eigenvalue weighted by atomic mass is 76.9. The first-order valence-corrected chi connectivity index (χ1v) is 10.7. The summed E-state index contributed by atoms with van der Waals surface area (Å²) in [6.07, 6.45) is -2.13. The van der Waals surface area contributed by atoms with Crippen LogP contribution < -0.4 is 5.32 Å². The summed E-state index contributed by atoms with van der Waals surface area (Å²) in [6.45, 7) is 0.502. The van der Waals surface area contributed by atoms with Crippen LogP contribution in [0.5, 0.6) is 0 Å². The maximum Gasteiger partial charge on any atom is 0.408 e. The second-order valence-corrected chi connectivity index (χ2v) is 8.03. The summed E-state index contributed by atoms with van der Waals surface area (Å²) in [7, 11) is 1.23. The molecule has 29 heavy (non-hydrogen) atoms. The smallest absolute Gasteiger partial charge is 0.408 e. The van der Waals surface area contributed by atoms with Crippen LogP contribution in [-0.4, -0.2) is 60.4 Å². The van der Waals surface area contributed by atoms with Gasteiger partial charge in [-0.25, -0.2) is 4.79 Å². The molecule has 10 heteroatoms. The fraction of sp³-hybridized carbons (Fsp3) is 0.474. The highest BCUT2D eigenvalue weighted by Gasteiger charge is 2.25. The van der Waals surface area contributed by atoms with Crippen LogP contribution in [0.25, 0.3) is 0 Å². The highest BCUT2D eigenvalue weighted by molar-refractivity contribution is 9.10. The summed E-state index contributed by atoms with van der Waals surface area (Å²) >= 11 is 4.72. The van der Waals surface area contributed by atoms with Crippen LogP contribution in [0.1, 0.15) is 25.3 Å². The predicted molar refractivity (Wildman–Crippen MR) is 112 cm³/mol. The van der Waals surface area contributed by atoms with E-state index in [4.69, 9.17) is 9.84 Å². The number of amides is 1. The van der Waals surface area contributed by atoms with E-state index in [1.165, 1.54) is 25.8 Å². The lowest BCUT2D eigenvalue weighted by atomic mass is 10.1. The number of esters is 1. The molecule has 0 fully saturated rings. The van der Waals surface area contributed by atoms with Gasteiger partial charge in [-0.2, -0.15) is 11.8 Å². The first-order valence-electron chi connectivity index (χ1n) is 8.77. The molecule has 1 amide bonds. The molecule has 0 bridgehead atoms. The highest BCUT2D eigenvalue weighted by Crippen LogP contribution is 2.17. The topological polar surface area (TPSA) is 119 Å².